The Hall–Kier alpha value is -1.06. The molecule has 32 heavy (non-hydrogen) atoms. The van der Waals surface area contributed by atoms with Crippen LogP contribution in [-0.4, -0.2) is 22.2 Å². The van der Waals surface area contributed by atoms with Crippen LogP contribution in [0.4, 0.5) is 0 Å². The zero-order chi connectivity index (χ0) is 24.5. The van der Waals surface area contributed by atoms with Crippen LogP contribution in [0.1, 0.15) is 156 Å². The van der Waals surface area contributed by atoms with Gasteiger partial charge in [0.05, 0.1) is 11.8 Å². The van der Waals surface area contributed by atoms with Gasteiger partial charge in [-0.3, -0.25) is 9.59 Å². The number of hydrogen-bond acceptors (Lipinski definition) is 2. The highest BCUT2D eigenvalue weighted by Gasteiger charge is 2.13. The van der Waals surface area contributed by atoms with E-state index in [9.17, 15) is 9.59 Å². The number of unbranched alkanes of at least 4 members (excludes halogenated alkanes) is 15. The molecular weight excluding hydrogens is 400 g/mol. The third-order valence-electron chi connectivity index (χ3n) is 6.41. The van der Waals surface area contributed by atoms with Gasteiger partial charge in [0, 0.05) is 0 Å². The summed E-state index contributed by atoms with van der Waals surface area (Å²) in [6, 6.07) is 0. The second-order valence-electron chi connectivity index (χ2n) is 9.56. The molecule has 0 heterocycles. The molecule has 0 aliphatic carbocycles. The summed E-state index contributed by atoms with van der Waals surface area (Å²) < 4.78 is 0. The number of carbonyl (C=O) groups is 2. The van der Waals surface area contributed by atoms with Gasteiger partial charge in [-0.2, -0.15) is 0 Å². The lowest BCUT2D eigenvalue weighted by Crippen LogP contribution is -2.12. The number of rotatable bonds is 22. The van der Waals surface area contributed by atoms with Crippen molar-refractivity contribution in [3.63, 3.8) is 0 Å². The zero-order valence-corrected chi connectivity index (χ0v) is 22.0. The third kappa shape index (κ3) is 25.2. The molecule has 0 aromatic carbocycles. The fourth-order valence-corrected chi connectivity index (χ4v) is 3.91. The lowest BCUT2D eigenvalue weighted by atomic mass is 9.98. The standard InChI is InChI=1S/C15H30O2.C13H26O2/c1-3-5-6-7-8-9-10-11-12-13-14(4-2)15(16)17;1-3-4-5-6-7-8-9-10-11-12(2)13(14)15/h14H,3-13H2,1-2H3,(H,16,17);12H,3-11H2,1-2H3,(H,14,15). The Morgan fingerprint density at radius 2 is 0.875 bits per heavy atom. The van der Waals surface area contributed by atoms with E-state index >= 15 is 0 Å². The predicted octanol–water partition coefficient (Wildman–Crippen LogP) is 9.26. The van der Waals surface area contributed by atoms with Crippen molar-refractivity contribution in [2.45, 2.75) is 156 Å². The third-order valence-corrected chi connectivity index (χ3v) is 6.41. The first-order valence-electron chi connectivity index (χ1n) is 13.9. The van der Waals surface area contributed by atoms with Crippen LogP contribution < -0.4 is 0 Å². The Balaban J connectivity index is 0. The smallest absolute Gasteiger partial charge is 0.306 e. The maximum atomic E-state index is 10.8. The molecule has 0 radical (unpaired) electrons. The van der Waals surface area contributed by atoms with Gasteiger partial charge in [0.25, 0.3) is 0 Å². The van der Waals surface area contributed by atoms with Gasteiger partial charge in [-0.15, -0.1) is 0 Å². The number of hydrogen-bond donors (Lipinski definition) is 2. The fraction of sp³-hybridized carbons (Fsp3) is 0.929. The maximum absolute atomic E-state index is 10.8. The summed E-state index contributed by atoms with van der Waals surface area (Å²) in [6.07, 6.45) is 24.4. The minimum absolute atomic E-state index is 0.112. The Morgan fingerprint density at radius 3 is 1.19 bits per heavy atom. The first kappa shape index (κ1) is 33.1. The average Bonchev–Trinajstić information content (AvgIpc) is 2.77. The largest absolute Gasteiger partial charge is 0.481 e. The van der Waals surface area contributed by atoms with E-state index in [1.807, 2.05) is 6.92 Å². The molecule has 0 bridgehead atoms. The van der Waals surface area contributed by atoms with Crippen molar-refractivity contribution in [1.82, 2.24) is 0 Å². The van der Waals surface area contributed by atoms with Gasteiger partial charge in [0.15, 0.2) is 0 Å². The van der Waals surface area contributed by atoms with Crippen LogP contribution in [-0.2, 0) is 9.59 Å². The van der Waals surface area contributed by atoms with Gasteiger partial charge >= 0.3 is 11.9 Å². The molecule has 0 aromatic heterocycles. The fourth-order valence-electron chi connectivity index (χ4n) is 3.91. The molecule has 0 saturated heterocycles. The molecule has 192 valence electrons. The van der Waals surface area contributed by atoms with Crippen molar-refractivity contribution in [1.29, 1.82) is 0 Å². The van der Waals surface area contributed by atoms with Crippen LogP contribution in [0.5, 0.6) is 0 Å². The highest BCUT2D eigenvalue weighted by molar-refractivity contribution is 5.69. The van der Waals surface area contributed by atoms with E-state index in [4.69, 9.17) is 10.2 Å². The molecule has 2 atom stereocenters. The second-order valence-corrected chi connectivity index (χ2v) is 9.56. The summed E-state index contributed by atoms with van der Waals surface area (Å²) >= 11 is 0. The molecule has 0 amide bonds. The van der Waals surface area contributed by atoms with Crippen molar-refractivity contribution in [3.8, 4) is 0 Å². The summed E-state index contributed by atoms with van der Waals surface area (Å²) in [5.41, 5.74) is 0. The van der Waals surface area contributed by atoms with Crippen molar-refractivity contribution in [2.75, 3.05) is 0 Å². The summed E-state index contributed by atoms with van der Waals surface area (Å²) in [6.45, 7) is 8.23. The monoisotopic (exact) mass is 456 g/mol. The van der Waals surface area contributed by atoms with Crippen LogP contribution in [0.15, 0.2) is 0 Å². The van der Waals surface area contributed by atoms with Crippen molar-refractivity contribution >= 4 is 11.9 Å². The maximum Gasteiger partial charge on any atom is 0.306 e. The van der Waals surface area contributed by atoms with E-state index < -0.39 is 11.9 Å². The molecule has 4 heteroatoms. The van der Waals surface area contributed by atoms with Gasteiger partial charge in [0.2, 0.25) is 0 Å². The second kappa shape index (κ2) is 26.2. The highest BCUT2D eigenvalue weighted by atomic mass is 16.4. The summed E-state index contributed by atoms with van der Waals surface area (Å²) in [7, 11) is 0. The molecule has 2 N–H and O–H groups in total. The van der Waals surface area contributed by atoms with Gasteiger partial charge < -0.3 is 10.2 Å². The minimum atomic E-state index is -0.655. The number of carboxylic acid groups (broad SMARTS) is 2. The Bertz CT molecular complexity index is 408. The Labute approximate surface area is 200 Å². The molecule has 0 aromatic rings. The molecule has 0 aliphatic rings. The molecule has 2 unspecified atom stereocenters. The SMILES string of the molecule is CCCCCCCCCCC(C)C(=O)O.CCCCCCCCCCCC(CC)C(=O)O. The quantitative estimate of drug-likeness (QED) is 0.159. The average molecular weight is 457 g/mol. The van der Waals surface area contributed by atoms with Crippen molar-refractivity contribution in [3.05, 3.63) is 0 Å². The zero-order valence-electron chi connectivity index (χ0n) is 22.0. The highest BCUT2D eigenvalue weighted by Crippen LogP contribution is 2.16. The van der Waals surface area contributed by atoms with Gasteiger partial charge in [-0.1, -0.05) is 137 Å². The first-order valence-corrected chi connectivity index (χ1v) is 13.9. The lowest BCUT2D eigenvalue weighted by molar-refractivity contribution is -0.142. The number of carboxylic acids is 2. The van der Waals surface area contributed by atoms with Crippen LogP contribution in [0.2, 0.25) is 0 Å². The van der Waals surface area contributed by atoms with Gasteiger partial charge in [-0.05, 0) is 19.3 Å². The Morgan fingerprint density at radius 1 is 0.531 bits per heavy atom. The van der Waals surface area contributed by atoms with E-state index in [0.29, 0.717) is 0 Å². The summed E-state index contributed by atoms with van der Waals surface area (Å²) in [5.74, 6) is -1.55. The van der Waals surface area contributed by atoms with Crippen LogP contribution >= 0.6 is 0 Å². The molecule has 4 nitrogen and oxygen atoms in total. The summed E-state index contributed by atoms with van der Waals surface area (Å²) in [5, 5.41) is 17.6. The molecule has 0 saturated carbocycles. The normalized spacial score (nSPS) is 12.6. The molecule has 0 spiro atoms. The Kier molecular flexibility index (Phi) is 27.1. The van der Waals surface area contributed by atoms with Crippen LogP contribution in [0.25, 0.3) is 0 Å². The van der Waals surface area contributed by atoms with Crippen molar-refractivity contribution in [2.24, 2.45) is 11.8 Å². The van der Waals surface area contributed by atoms with Gasteiger partial charge in [-0.25, -0.2) is 0 Å². The van der Waals surface area contributed by atoms with Crippen LogP contribution in [0.3, 0.4) is 0 Å². The van der Waals surface area contributed by atoms with E-state index in [0.717, 1.165) is 32.1 Å². The molecular formula is C28H56O4. The van der Waals surface area contributed by atoms with E-state index in [1.54, 1.807) is 6.92 Å². The van der Waals surface area contributed by atoms with Gasteiger partial charge in [0.1, 0.15) is 0 Å². The lowest BCUT2D eigenvalue weighted by Gasteiger charge is -2.08. The number of aliphatic carboxylic acids is 2. The van der Waals surface area contributed by atoms with Crippen LogP contribution in [0, 0.1) is 11.8 Å². The van der Waals surface area contributed by atoms with E-state index in [1.165, 1.54) is 96.3 Å². The molecule has 0 aliphatic heterocycles. The molecule has 0 fully saturated rings. The van der Waals surface area contributed by atoms with E-state index in [2.05, 4.69) is 13.8 Å². The topological polar surface area (TPSA) is 74.6 Å². The minimum Gasteiger partial charge on any atom is -0.481 e. The molecule has 0 rings (SSSR count). The summed E-state index contributed by atoms with van der Waals surface area (Å²) in [4.78, 5) is 21.3. The first-order chi connectivity index (χ1) is 15.4. The van der Waals surface area contributed by atoms with Crippen molar-refractivity contribution < 1.29 is 19.8 Å². The predicted molar refractivity (Wildman–Crippen MR) is 137 cm³/mol. The van der Waals surface area contributed by atoms with E-state index in [-0.39, 0.29) is 11.8 Å².